The smallest absolute Gasteiger partial charge is 0.405 e. The molecule has 0 atom stereocenters. The first kappa shape index (κ1) is 15.6. The average molecular weight is 293 g/mol. The highest BCUT2D eigenvalue weighted by molar-refractivity contribution is 5.94. The largest absolute Gasteiger partial charge is 0.508 e. The highest BCUT2D eigenvalue weighted by Crippen LogP contribution is 2.23. The molecule has 9 heteroatoms. The summed E-state index contributed by atoms with van der Waals surface area (Å²) in [4.78, 5) is 22.4. The normalized spacial score (nSPS) is 10.9. The maximum atomic E-state index is 11.8. The molecular weight excluding hydrogens is 283 g/mol. The Kier molecular flexibility index (Phi) is 4.78. The second kappa shape index (κ2) is 6.13. The molecule has 0 aliphatic carbocycles. The Labute approximate surface area is 110 Å². The van der Waals surface area contributed by atoms with E-state index in [9.17, 15) is 27.9 Å². The SMILES string of the molecule is O=C(COC(=O)c1ccc(O)cc1O)NCC(F)(F)F. The van der Waals surface area contributed by atoms with E-state index in [4.69, 9.17) is 5.11 Å². The molecule has 0 unspecified atom stereocenters. The lowest BCUT2D eigenvalue weighted by atomic mass is 10.2. The predicted octanol–water partition coefficient (Wildman–Crippen LogP) is 0.933. The number of aromatic hydroxyl groups is 2. The molecule has 0 saturated heterocycles. The van der Waals surface area contributed by atoms with Gasteiger partial charge in [-0.2, -0.15) is 13.2 Å². The number of hydrogen-bond acceptors (Lipinski definition) is 5. The highest BCUT2D eigenvalue weighted by atomic mass is 19.4. The number of hydrogen-bond donors (Lipinski definition) is 3. The van der Waals surface area contributed by atoms with Crippen LogP contribution in [0.5, 0.6) is 11.5 Å². The molecule has 1 aromatic rings. The van der Waals surface area contributed by atoms with Crippen LogP contribution in [0.1, 0.15) is 10.4 Å². The van der Waals surface area contributed by atoms with Crippen LogP contribution in [0.15, 0.2) is 18.2 Å². The maximum absolute atomic E-state index is 11.8. The lowest BCUT2D eigenvalue weighted by Gasteiger charge is -2.09. The predicted molar refractivity (Wildman–Crippen MR) is 59.1 cm³/mol. The van der Waals surface area contributed by atoms with Gasteiger partial charge >= 0.3 is 12.1 Å². The number of carbonyl (C=O) groups is 2. The summed E-state index contributed by atoms with van der Waals surface area (Å²) in [7, 11) is 0. The Morgan fingerprint density at radius 3 is 2.45 bits per heavy atom. The summed E-state index contributed by atoms with van der Waals surface area (Å²) >= 11 is 0. The lowest BCUT2D eigenvalue weighted by Crippen LogP contribution is -2.36. The Balaban J connectivity index is 2.49. The van der Waals surface area contributed by atoms with Gasteiger partial charge in [-0.25, -0.2) is 4.79 Å². The molecule has 110 valence electrons. The molecule has 0 aliphatic heterocycles. The number of ether oxygens (including phenoxy) is 1. The molecule has 0 saturated carbocycles. The zero-order valence-corrected chi connectivity index (χ0v) is 9.90. The number of phenols is 2. The maximum Gasteiger partial charge on any atom is 0.405 e. The fourth-order valence-corrected chi connectivity index (χ4v) is 1.15. The van der Waals surface area contributed by atoms with Crippen LogP contribution in [0.25, 0.3) is 0 Å². The van der Waals surface area contributed by atoms with E-state index in [0.29, 0.717) is 0 Å². The van der Waals surface area contributed by atoms with E-state index >= 15 is 0 Å². The molecule has 0 heterocycles. The molecule has 20 heavy (non-hydrogen) atoms. The molecule has 0 bridgehead atoms. The van der Waals surface area contributed by atoms with Gasteiger partial charge in [0.25, 0.3) is 5.91 Å². The van der Waals surface area contributed by atoms with Crippen molar-refractivity contribution in [2.24, 2.45) is 0 Å². The van der Waals surface area contributed by atoms with E-state index in [1.165, 1.54) is 5.32 Å². The van der Waals surface area contributed by atoms with E-state index in [-0.39, 0.29) is 11.3 Å². The molecule has 6 nitrogen and oxygen atoms in total. The van der Waals surface area contributed by atoms with Gasteiger partial charge in [0, 0.05) is 6.07 Å². The van der Waals surface area contributed by atoms with Gasteiger partial charge < -0.3 is 20.3 Å². The van der Waals surface area contributed by atoms with E-state index < -0.39 is 37.0 Å². The van der Waals surface area contributed by atoms with Crippen molar-refractivity contribution >= 4 is 11.9 Å². The fraction of sp³-hybridized carbons (Fsp3) is 0.273. The van der Waals surface area contributed by atoms with E-state index in [0.717, 1.165) is 18.2 Å². The summed E-state index contributed by atoms with van der Waals surface area (Å²) in [5, 5.41) is 19.8. The first-order valence-corrected chi connectivity index (χ1v) is 5.21. The van der Waals surface area contributed by atoms with E-state index in [1.54, 1.807) is 0 Å². The zero-order chi connectivity index (χ0) is 15.3. The Morgan fingerprint density at radius 2 is 1.90 bits per heavy atom. The first-order chi connectivity index (χ1) is 9.19. The molecule has 1 amide bonds. The fourth-order valence-electron chi connectivity index (χ4n) is 1.15. The van der Waals surface area contributed by atoms with Crippen molar-refractivity contribution in [3.8, 4) is 11.5 Å². The molecule has 3 N–H and O–H groups in total. The minimum absolute atomic E-state index is 0.290. The number of benzene rings is 1. The molecule has 0 fully saturated rings. The second-order valence-electron chi connectivity index (χ2n) is 3.67. The standard InChI is InChI=1S/C11H10F3NO5/c12-11(13,14)5-15-9(18)4-20-10(19)7-2-1-6(16)3-8(7)17/h1-3,16-17H,4-5H2,(H,15,18). The van der Waals surface area contributed by atoms with Crippen molar-refractivity contribution in [2.45, 2.75) is 6.18 Å². The number of alkyl halides is 3. The van der Waals surface area contributed by atoms with Gasteiger partial charge in [0.2, 0.25) is 0 Å². The molecule has 0 aliphatic rings. The van der Waals surface area contributed by atoms with Crippen molar-refractivity contribution in [3.05, 3.63) is 23.8 Å². The Hall–Kier alpha value is -2.45. The van der Waals surface area contributed by atoms with Gasteiger partial charge in [-0.1, -0.05) is 0 Å². The van der Waals surface area contributed by atoms with Crippen LogP contribution in [0.4, 0.5) is 13.2 Å². The van der Waals surface area contributed by atoms with Crippen molar-refractivity contribution in [3.63, 3.8) is 0 Å². The van der Waals surface area contributed by atoms with Crippen LogP contribution < -0.4 is 5.32 Å². The van der Waals surface area contributed by atoms with Gasteiger partial charge in [-0.15, -0.1) is 0 Å². The number of halogens is 3. The number of nitrogens with one attached hydrogen (secondary N) is 1. The number of phenolic OH excluding ortho intramolecular Hbond substituents is 2. The second-order valence-corrected chi connectivity index (χ2v) is 3.67. The third-order valence-electron chi connectivity index (χ3n) is 2.02. The lowest BCUT2D eigenvalue weighted by molar-refractivity contribution is -0.140. The van der Waals surface area contributed by atoms with Crippen molar-refractivity contribution < 1.29 is 37.7 Å². The van der Waals surface area contributed by atoms with Crippen LogP contribution in [0.2, 0.25) is 0 Å². The molecular formula is C11H10F3NO5. The van der Waals surface area contributed by atoms with Crippen molar-refractivity contribution in [2.75, 3.05) is 13.2 Å². The molecule has 0 aromatic heterocycles. The topological polar surface area (TPSA) is 95.9 Å². The highest BCUT2D eigenvalue weighted by Gasteiger charge is 2.27. The van der Waals surface area contributed by atoms with Crippen molar-refractivity contribution in [1.82, 2.24) is 5.32 Å². The first-order valence-electron chi connectivity index (χ1n) is 5.21. The van der Waals surface area contributed by atoms with Gasteiger partial charge in [0.05, 0.1) is 0 Å². The summed E-state index contributed by atoms with van der Waals surface area (Å²) in [6.45, 7) is -2.46. The average Bonchev–Trinajstić information content (AvgIpc) is 2.32. The van der Waals surface area contributed by atoms with E-state index in [2.05, 4.69) is 4.74 Å². The Morgan fingerprint density at radius 1 is 1.25 bits per heavy atom. The minimum Gasteiger partial charge on any atom is -0.508 e. The van der Waals surface area contributed by atoms with Gasteiger partial charge in [0.1, 0.15) is 23.6 Å². The van der Waals surface area contributed by atoms with Crippen LogP contribution in [0, 0.1) is 0 Å². The summed E-state index contributed by atoms with van der Waals surface area (Å²) < 4.78 is 39.8. The number of amides is 1. The van der Waals surface area contributed by atoms with Crippen molar-refractivity contribution in [1.29, 1.82) is 0 Å². The monoisotopic (exact) mass is 293 g/mol. The third-order valence-corrected chi connectivity index (χ3v) is 2.02. The minimum atomic E-state index is -4.56. The number of esters is 1. The molecule has 1 rings (SSSR count). The van der Waals surface area contributed by atoms with Crippen LogP contribution in [-0.4, -0.2) is 41.4 Å². The quantitative estimate of drug-likeness (QED) is 0.718. The molecule has 1 aromatic carbocycles. The Bertz CT molecular complexity index is 515. The third kappa shape index (κ3) is 5.04. The summed E-state index contributed by atoms with van der Waals surface area (Å²) in [6.07, 6.45) is -4.56. The van der Waals surface area contributed by atoms with E-state index in [1.807, 2.05) is 0 Å². The number of carbonyl (C=O) groups excluding carboxylic acids is 2. The van der Waals surface area contributed by atoms with Gasteiger partial charge in [-0.05, 0) is 12.1 Å². The zero-order valence-electron chi connectivity index (χ0n) is 9.90. The van der Waals surface area contributed by atoms with Gasteiger partial charge in [0.15, 0.2) is 6.61 Å². The number of rotatable bonds is 4. The molecule has 0 radical (unpaired) electrons. The van der Waals surface area contributed by atoms with Gasteiger partial charge in [-0.3, -0.25) is 4.79 Å². The summed E-state index contributed by atoms with van der Waals surface area (Å²) in [5.41, 5.74) is -0.327. The molecule has 0 spiro atoms. The van der Waals surface area contributed by atoms with Crippen LogP contribution >= 0.6 is 0 Å². The summed E-state index contributed by atoms with van der Waals surface area (Å²) in [6, 6.07) is 3.01. The van der Waals surface area contributed by atoms with Crippen LogP contribution in [-0.2, 0) is 9.53 Å². The summed E-state index contributed by atoms with van der Waals surface area (Å²) in [5.74, 6) is -3.11. The van der Waals surface area contributed by atoms with Crippen LogP contribution in [0.3, 0.4) is 0 Å².